The first-order chi connectivity index (χ1) is 15.1. The van der Waals surface area contributed by atoms with Gasteiger partial charge in [-0.1, -0.05) is 12.1 Å². The third-order valence-electron chi connectivity index (χ3n) is 6.63. The van der Waals surface area contributed by atoms with Crippen LogP contribution in [0.2, 0.25) is 0 Å². The molecule has 2 aliphatic heterocycles. The van der Waals surface area contributed by atoms with Gasteiger partial charge in [0.2, 0.25) is 5.91 Å². The van der Waals surface area contributed by atoms with E-state index in [0.29, 0.717) is 24.4 Å². The first-order valence-electron chi connectivity index (χ1n) is 11.4. The Balaban J connectivity index is 1.17. The summed E-state index contributed by atoms with van der Waals surface area (Å²) >= 11 is 0. The minimum absolute atomic E-state index is 0.184. The molecule has 0 atom stereocenters. The van der Waals surface area contributed by atoms with E-state index in [1.165, 1.54) is 0 Å². The molecule has 2 aliphatic rings. The van der Waals surface area contributed by atoms with E-state index in [4.69, 9.17) is 4.74 Å². The normalized spacial score (nSPS) is 18.8. The minimum Gasteiger partial charge on any atom is -0.490 e. The molecule has 0 radical (unpaired) electrons. The molecule has 6 heteroatoms. The summed E-state index contributed by atoms with van der Waals surface area (Å²) in [5, 5.41) is 0. The van der Waals surface area contributed by atoms with Gasteiger partial charge in [0, 0.05) is 51.0 Å². The number of piperidine rings is 2. The van der Waals surface area contributed by atoms with Crippen molar-refractivity contribution in [2.45, 2.75) is 57.6 Å². The van der Waals surface area contributed by atoms with E-state index in [2.05, 4.69) is 9.88 Å². The number of halogens is 1. The summed E-state index contributed by atoms with van der Waals surface area (Å²) in [5.41, 5.74) is 1.54. The molecule has 0 saturated carbocycles. The standard InChI is InChI=1S/C25H32FN3O2/c1-19-2-3-20(18-24(19)26)4-5-25(30)29-14-8-21(9-15-29)28-16-10-23(11-17-28)31-22-6-12-27-13-7-22/h2-3,6-7,12-13,18,21,23H,4-5,8-11,14-17H2,1H3. The highest BCUT2D eigenvalue weighted by Gasteiger charge is 2.30. The van der Waals surface area contributed by atoms with Crippen molar-refractivity contribution in [1.29, 1.82) is 0 Å². The van der Waals surface area contributed by atoms with Crippen molar-refractivity contribution in [3.05, 3.63) is 59.7 Å². The van der Waals surface area contributed by atoms with Crippen molar-refractivity contribution in [2.24, 2.45) is 0 Å². The molecular formula is C25H32FN3O2. The lowest BCUT2D eigenvalue weighted by atomic mass is 9.98. The molecule has 0 spiro atoms. The Morgan fingerprint density at radius 1 is 1.06 bits per heavy atom. The molecule has 2 fully saturated rings. The zero-order valence-electron chi connectivity index (χ0n) is 18.3. The van der Waals surface area contributed by atoms with Gasteiger partial charge in [-0.25, -0.2) is 4.39 Å². The second kappa shape index (κ2) is 10.2. The maximum atomic E-state index is 13.7. The molecule has 3 heterocycles. The average molecular weight is 426 g/mol. The predicted octanol–water partition coefficient (Wildman–Crippen LogP) is 4.00. The van der Waals surface area contributed by atoms with Crippen LogP contribution < -0.4 is 4.74 Å². The highest BCUT2D eigenvalue weighted by atomic mass is 19.1. The Bertz CT molecular complexity index is 860. The van der Waals surface area contributed by atoms with Crippen LogP contribution in [-0.4, -0.2) is 59.0 Å². The fourth-order valence-corrected chi connectivity index (χ4v) is 4.65. The highest BCUT2D eigenvalue weighted by Crippen LogP contribution is 2.24. The van der Waals surface area contributed by atoms with E-state index >= 15 is 0 Å². The summed E-state index contributed by atoms with van der Waals surface area (Å²) in [7, 11) is 0. The number of likely N-dealkylation sites (tertiary alicyclic amines) is 2. The first-order valence-corrected chi connectivity index (χ1v) is 11.4. The van der Waals surface area contributed by atoms with E-state index in [1.54, 1.807) is 31.5 Å². The predicted molar refractivity (Wildman–Crippen MR) is 119 cm³/mol. The summed E-state index contributed by atoms with van der Waals surface area (Å²) in [4.78, 5) is 21.2. The van der Waals surface area contributed by atoms with Gasteiger partial charge in [-0.05, 0) is 68.4 Å². The van der Waals surface area contributed by atoms with Gasteiger partial charge >= 0.3 is 0 Å². The van der Waals surface area contributed by atoms with Gasteiger partial charge in [0.05, 0.1) is 0 Å². The fourth-order valence-electron chi connectivity index (χ4n) is 4.65. The zero-order valence-corrected chi connectivity index (χ0v) is 18.3. The van der Waals surface area contributed by atoms with Crippen LogP contribution in [0.25, 0.3) is 0 Å². The third kappa shape index (κ3) is 5.82. The average Bonchev–Trinajstić information content (AvgIpc) is 2.81. The number of hydrogen-bond donors (Lipinski definition) is 0. The zero-order chi connectivity index (χ0) is 21.6. The van der Waals surface area contributed by atoms with Crippen molar-refractivity contribution in [1.82, 2.24) is 14.8 Å². The molecule has 2 saturated heterocycles. The van der Waals surface area contributed by atoms with Gasteiger partial charge in [0.1, 0.15) is 17.7 Å². The van der Waals surface area contributed by atoms with Crippen LogP contribution in [0.15, 0.2) is 42.7 Å². The summed E-state index contributed by atoms with van der Waals surface area (Å²) in [6.07, 6.45) is 8.97. The van der Waals surface area contributed by atoms with Crippen molar-refractivity contribution >= 4 is 5.91 Å². The number of ether oxygens (including phenoxy) is 1. The number of pyridine rings is 1. The number of nitrogens with zero attached hydrogens (tertiary/aromatic N) is 3. The third-order valence-corrected chi connectivity index (χ3v) is 6.63. The van der Waals surface area contributed by atoms with E-state index in [0.717, 1.165) is 63.2 Å². The number of aryl methyl sites for hydroxylation is 2. The second-order valence-electron chi connectivity index (χ2n) is 8.73. The summed E-state index contributed by atoms with van der Waals surface area (Å²) in [6, 6.07) is 9.63. The van der Waals surface area contributed by atoms with Gasteiger partial charge in [-0.3, -0.25) is 14.7 Å². The van der Waals surface area contributed by atoms with Gasteiger partial charge in [-0.15, -0.1) is 0 Å². The lowest BCUT2D eigenvalue weighted by Gasteiger charge is -2.41. The van der Waals surface area contributed by atoms with E-state index in [-0.39, 0.29) is 17.8 Å². The number of benzene rings is 1. The maximum absolute atomic E-state index is 13.7. The smallest absolute Gasteiger partial charge is 0.222 e. The van der Waals surface area contributed by atoms with Crippen LogP contribution >= 0.6 is 0 Å². The molecule has 4 rings (SSSR count). The molecule has 166 valence electrons. The largest absolute Gasteiger partial charge is 0.490 e. The SMILES string of the molecule is Cc1ccc(CCC(=O)N2CCC(N3CCC(Oc4ccncc4)CC3)CC2)cc1F. The van der Waals surface area contributed by atoms with Crippen LogP contribution in [0.1, 0.15) is 43.2 Å². The Kier molecular flexibility index (Phi) is 7.17. The fraction of sp³-hybridized carbons (Fsp3) is 0.520. The molecular weight excluding hydrogens is 393 g/mol. The van der Waals surface area contributed by atoms with Crippen LogP contribution in [0.4, 0.5) is 4.39 Å². The van der Waals surface area contributed by atoms with Crippen LogP contribution in [-0.2, 0) is 11.2 Å². The van der Waals surface area contributed by atoms with Crippen molar-refractivity contribution < 1.29 is 13.9 Å². The Hall–Kier alpha value is -2.47. The van der Waals surface area contributed by atoms with Crippen LogP contribution in [0.5, 0.6) is 5.75 Å². The first kappa shape index (κ1) is 21.8. The van der Waals surface area contributed by atoms with Crippen molar-refractivity contribution in [3.8, 4) is 5.75 Å². The Morgan fingerprint density at radius 3 is 2.45 bits per heavy atom. The lowest BCUT2D eigenvalue weighted by Crippen LogP contribution is -2.50. The molecule has 0 unspecified atom stereocenters. The summed E-state index contributed by atoms with van der Waals surface area (Å²) < 4.78 is 19.8. The summed E-state index contributed by atoms with van der Waals surface area (Å²) in [6.45, 7) is 5.49. The second-order valence-corrected chi connectivity index (χ2v) is 8.73. The molecule has 1 amide bonds. The van der Waals surface area contributed by atoms with E-state index < -0.39 is 0 Å². The molecule has 0 bridgehead atoms. The van der Waals surface area contributed by atoms with Crippen molar-refractivity contribution in [2.75, 3.05) is 26.2 Å². The number of carbonyl (C=O) groups is 1. The molecule has 1 aromatic heterocycles. The highest BCUT2D eigenvalue weighted by molar-refractivity contribution is 5.76. The minimum atomic E-state index is -0.194. The number of rotatable bonds is 6. The van der Waals surface area contributed by atoms with Gasteiger partial charge in [0.15, 0.2) is 0 Å². The van der Waals surface area contributed by atoms with Crippen LogP contribution in [0.3, 0.4) is 0 Å². The maximum Gasteiger partial charge on any atom is 0.222 e. The summed E-state index contributed by atoms with van der Waals surface area (Å²) in [5.74, 6) is 0.887. The number of hydrogen-bond acceptors (Lipinski definition) is 4. The Morgan fingerprint density at radius 2 is 1.77 bits per heavy atom. The van der Waals surface area contributed by atoms with Gasteiger partial charge in [-0.2, -0.15) is 0 Å². The van der Waals surface area contributed by atoms with Gasteiger partial charge in [0.25, 0.3) is 0 Å². The topological polar surface area (TPSA) is 45.7 Å². The number of amides is 1. The quantitative estimate of drug-likeness (QED) is 0.702. The molecule has 0 N–H and O–H groups in total. The number of carbonyl (C=O) groups excluding carboxylic acids is 1. The lowest BCUT2D eigenvalue weighted by molar-refractivity contribution is -0.132. The Labute approximate surface area is 184 Å². The molecule has 0 aliphatic carbocycles. The van der Waals surface area contributed by atoms with E-state index in [1.807, 2.05) is 23.1 Å². The van der Waals surface area contributed by atoms with Crippen LogP contribution in [0, 0.1) is 12.7 Å². The monoisotopic (exact) mass is 425 g/mol. The van der Waals surface area contributed by atoms with Gasteiger partial charge < -0.3 is 9.64 Å². The van der Waals surface area contributed by atoms with Crippen molar-refractivity contribution in [3.63, 3.8) is 0 Å². The molecule has 5 nitrogen and oxygen atoms in total. The number of aromatic nitrogens is 1. The molecule has 31 heavy (non-hydrogen) atoms. The van der Waals surface area contributed by atoms with E-state index in [9.17, 15) is 9.18 Å². The molecule has 1 aromatic carbocycles. The molecule has 2 aromatic rings.